The third kappa shape index (κ3) is 4.43. The number of ether oxygens (including phenoxy) is 1. The molecular weight excluding hydrogens is 257 g/mol. The average Bonchev–Trinajstić information content (AvgIpc) is 2.92. The quantitative estimate of drug-likeness (QED) is 0.752. The van der Waals surface area contributed by atoms with E-state index in [0.29, 0.717) is 0 Å². The highest BCUT2D eigenvalue weighted by atomic mass is 19.1. The Kier molecular flexibility index (Phi) is 5.70. The summed E-state index contributed by atoms with van der Waals surface area (Å²) in [6, 6.07) is 6.32. The van der Waals surface area contributed by atoms with Gasteiger partial charge in [-0.3, -0.25) is 0 Å². The van der Waals surface area contributed by atoms with Gasteiger partial charge in [-0.2, -0.15) is 5.10 Å². The molecule has 4 nitrogen and oxygen atoms in total. The lowest BCUT2D eigenvalue weighted by molar-refractivity contribution is 0.199. The summed E-state index contributed by atoms with van der Waals surface area (Å²) in [5.41, 5.74) is 2.05. The second-order valence-electron chi connectivity index (χ2n) is 4.62. The number of nitrogens with one attached hydrogen (secondary N) is 1. The van der Waals surface area contributed by atoms with Crippen molar-refractivity contribution in [1.82, 2.24) is 15.1 Å². The average molecular weight is 277 g/mol. The molecule has 108 valence electrons. The molecule has 20 heavy (non-hydrogen) atoms. The van der Waals surface area contributed by atoms with Gasteiger partial charge >= 0.3 is 0 Å². The lowest BCUT2D eigenvalue weighted by Gasteiger charge is -2.02. The normalized spacial score (nSPS) is 10.9. The summed E-state index contributed by atoms with van der Waals surface area (Å²) in [6.07, 6.45) is 5.88. The van der Waals surface area contributed by atoms with E-state index in [0.717, 1.165) is 38.2 Å². The molecule has 0 saturated heterocycles. The lowest BCUT2D eigenvalue weighted by atomic mass is 10.2. The molecule has 1 aromatic heterocycles. The fourth-order valence-electron chi connectivity index (χ4n) is 1.94. The number of benzene rings is 1. The minimum atomic E-state index is -0.233. The second kappa shape index (κ2) is 7.77. The first-order chi connectivity index (χ1) is 9.79. The van der Waals surface area contributed by atoms with Crippen molar-refractivity contribution >= 4 is 0 Å². The molecule has 2 aromatic rings. The maximum absolute atomic E-state index is 12.9. The van der Waals surface area contributed by atoms with E-state index in [2.05, 4.69) is 10.4 Å². The molecule has 1 heterocycles. The topological polar surface area (TPSA) is 39.1 Å². The summed E-state index contributed by atoms with van der Waals surface area (Å²) in [4.78, 5) is 0. The first-order valence-corrected chi connectivity index (χ1v) is 6.79. The monoisotopic (exact) mass is 277 g/mol. The number of aryl methyl sites for hydroxylation is 1. The van der Waals surface area contributed by atoms with Crippen LogP contribution >= 0.6 is 0 Å². The van der Waals surface area contributed by atoms with E-state index in [-0.39, 0.29) is 5.82 Å². The number of rotatable bonds is 8. The molecule has 0 radical (unpaired) electrons. The molecule has 0 unspecified atom stereocenters. The van der Waals surface area contributed by atoms with Crippen molar-refractivity contribution in [3.8, 4) is 5.69 Å². The van der Waals surface area contributed by atoms with E-state index in [1.54, 1.807) is 23.9 Å². The van der Waals surface area contributed by atoms with Gasteiger partial charge in [-0.15, -0.1) is 0 Å². The number of halogens is 1. The van der Waals surface area contributed by atoms with E-state index in [9.17, 15) is 4.39 Å². The van der Waals surface area contributed by atoms with Crippen molar-refractivity contribution in [3.63, 3.8) is 0 Å². The van der Waals surface area contributed by atoms with Crippen LogP contribution < -0.4 is 5.32 Å². The molecule has 0 saturated carbocycles. The van der Waals surface area contributed by atoms with Gasteiger partial charge in [0.15, 0.2) is 0 Å². The molecular formula is C15H20FN3O. The van der Waals surface area contributed by atoms with E-state index >= 15 is 0 Å². The molecule has 1 aromatic carbocycles. The van der Waals surface area contributed by atoms with Crippen molar-refractivity contribution in [3.05, 3.63) is 48.0 Å². The molecule has 0 atom stereocenters. The zero-order chi connectivity index (χ0) is 14.2. The Morgan fingerprint density at radius 2 is 2.05 bits per heavy atom. The van der Waals surface area contributed by atoms with Crippen LogP contribution in [0.5, 0.6) is 0 Å². The lowest BCUT2D eigenvalue weighted by Crippen LogP contribution is -2.20. The molecule has 0 aliphatic rings. The second-order valence-corrected chi connectivity index (χ2v) is 4.62. The Bertz CT molecular complexity index is 510. The smallest absolute Gasteiger partial charge is 0.123 e. The summed E-state index contributed by atoms with van der Waals surface area (Å²) in [5, 5.41) is 7.61. The summed E-state index contributed by atoms with van der Waals surface area (Å²) < 4.78 is 19.6. The number of hydrogen-bond donors (Lipinski definition) is 1. The maximum Gasteiger partial charge on any atom is 0.123 e. The SMILES string of the molecule is COCCNCCCc1cnn(-c2ccc(F)cc2)c1. The maximum atomic E-state index is 12.9. The third-order valence-corrected chi connectivity index (χ3v) is 3.03. The fraction of sp³-hybridized carbons (Fsp3) is 0.400. The minimum absolute atomic E-state index is 0.233. The van der Waals surface area contributed by atoms with Crippen LogP contribution in [0.3, 0.4) is 0 Å². The van der Waals surface area contributed by atoms with Crippen molar-refractivity contribution in [2.45, 2.75) is 12.8 Å². The van der Waals surface area contributed by atoms with Crippen molar-refractivity contribution in [2.75, 3.05) is 26.8 Å². The van der Waals surface area contributed by atoms with Crippen LogP contribution in [0.1, 0.15) is 12.0 Å². The van der Waals surface area contributed by atoms with E-state index in [4.69, 9.17) is 4.74 Å². The van der Waals surface area contributed by atoms with Crippen molar-refractivity contribution in [1.29, 1.82) is 0 Å². The summed E-state index contributed by atoms with van der Waals surface area (Å²) >= 11 is 0. The zero-order valence-corrected chi connectivity index (χ0v) is 11.7. The largest absolute Gasteiger partial charge is 0.383 e. The standard InChI is InChI=1S/C15H20FN3O/c1-20-10-9-17-8-2-3-13-11-18-19(12-13)15-6-4-14(16)5-7-15/h4-7,11-12,17H,2-3,8-10H2,1H3. The van der Waals surface area contributed by atoms with Gasteiger partial charge in [0, 0.05) is 19.9 Å². The Balaban J connectivity index is 1.79. The summed E-state index contributed by atoms with van der Waals surface area (Å²) in [7, 11) is 1.70. The molecule has 1 N–H and O–H groups in total. The van der Waals surface area contributed by atoms with E-state index in [1.807, 2.05) is 12.4 Å². The number of nitrogens with zero attached hydrogens (tertiary/aromatic N) is 2. The van der Waals surface area contributed by atoms with Gasteiger partial charge < -0.3 is 10.1 Å². The highest BCUT2D eigenvalue weighted by molar-refractivity contribution is 5.31. The van der Waals surface area contributed by atoms with E-state index < -0.39 is 0 Å². The van der Waals surface area contributed by atoms with Crippen molar-refractivity contribution < 1.29 is 9.13 Å². The van der Waals surface area contributed by atoms with Gasteiger partial charge in [0.1, 0.15) is 5.82 Å². The Hall–Kier alpha value is -1.72. The molecule has 0 bridgehead atoms. The molecule has 0 amide bonds. The molecule has 5 heteroatoms. The predicted molar refractivity (Wildman–Crippen MR) is 76.6 cm³/mol. The van der Waals surface area contributed by atoms with Crippen LogP contribution in [0, 0.1) is 5.82 Å². The van der Waals surface area contributed by atoms with Gasteiger partial charge in [0.2, 0.25) is 0 Å². The van der Waals surface area contributed by atoms with Crippen molar-refractivity contribution in [2.24, 2.45) is 0 Å². The van der Waals surface area contributed by atoms with Crippen LogP contribution in [0.25, 0.3) is 5.69 Å². The first-order valence-electron chi connectivity index (χ1n) is 6.79. The van der Waals surface area contributed by atoms with Crippen LogP contribution in [0.15, 0.2) is 36.7 Å². The molecule has 2 rings (SSSR count). The van der Waals surface area contributed by atoms with Crippen LogP contribution in [-0.2, 0) is 11.2 Å². The number of hydrogen-bond acceptors (Lipinski definition) is 3. The zero-order valence-electron chi connectivity index (χ0n) is 11.7. The predicted octanol–water partition coefficient (Wildman–Crippen LogP) is 2.18. The first kappa shape index (κ1) is 14.7. The van der Waals surface area contributed by atoms with E-state index in [1.165, 1.54) is 17.7 Å². The Morgan fingerprint density at radius 3 is 2.80 bits per heavy atom. The van der Waals surface area contributed by atoms with Gasteiger partial charge in [-0.1, -0.05) is 0 Å². The molecule has 0 aliphatic carbocycles. The van der Waals surface area contributed by atoms with Crippen LogP contribution in [0.2, 0.25) is 0 Å². The highest BCUT2D eigenvalue weighted by Gasteiger charge is 2.01. The van der Waals surface area contributed by atoms with Crippen LogP contribution in [0.4, 0.5) is 4.39 Å². The van der Waals surface area contributed by atoms with Gasteiger partial charge in [0.05, 0.1) is 18.5 Å². The number of methoxy groups -OCH3 is 1. The number of aromatic nitrogens is 2. The molecule has 0 spiro atoms. The molecule has 0 aliphatic heterocycles. The van der Waals surface area contributed by atoms with Crippen LogP contribution in [-0.4, -0.2) is 36.6 Å². The summed E-state index contributed by atoms with van der Waals surface area (Å²) in [6.45, 7) is 2.58. The minimum Gasteiger partial charge on any atom is -0.383 e. The van der Waals surface area contributed by atoms with Gasteiger partial charge in [-0.25, -0.2) is 9.07 Å². The third-order valence-electron chi connectivity index (χ3n) is 3.03. The highest BCUT2D eigenvalue weighted by Crippen LogP contribution is 2.10. The van der Waals surface area contributed by atoms with Gasteiger partial charge in [0.25, 0.3) is 0 Å². The van der Waals surface area contributed by atoms with Gasteiger partial charge in [-0.05, 0) is 49.2 Å². The Labute approximate surface area is 118 Å². The summed E-state index contributed by atoms with van der Waals surface area (Å²) in [5.74, 6) is -0.233. The fourth-order valence-corrected chi connectivity index (χ4v) is 1.94. The Morgan fingerprint density at radius 1 is 1.25 bits per heavy atom. The molecule has 0 fully saturated rings.